The topological polar surface area (TPSA) is 53.5 Å². The molecule has 0 fully saturated rings. The lowest BCUT2D eigenvalue weighted by Crippen LogP contribution is -2.47. The number of nitrogens with one attached hydrogen (secondary N) is 2. The maximum absolute atomic E-state index is 8.94. The summed E-state index contributed by atoms with van der Waals surface area (Å²) in [5.74, 6) is 0. The minimum absolute atomic E-state index is 0.0763. The Morgan fingerprint density at radius 3 is 3.21 bits per heavy atom. The highest BCUT2D eigenvalue weighted by molar-refractivity contribution is 5.15. The number of aliphatic hydroxyl groups excluding tert-OH is 1. The maximum Gasteiger partial charge on any atom is 0.0861 e. The van der Waals surface area contributed by atoms with E-state index in [0.29, 0.717) is 6.61 Å². The van der Waals surface area contributed by atoms with E-state index in [9.17, 15) is 0 Å². The molecule has 0 aromatic carbocycles. The standard InChI is InChI=1S/C10H18N2O2/c1-3-4-14-12-10-6-11-9(7-13)5-8(10)2/h3,5,9-13H,1,4,6-7H2,2H3/t9-,10-/m0/s1. The lowest BCUT2D eigenvalue weighted by Gasteiger charge is -2.27. The van der Waals surface area contributed by atoms with Crippen LogP contribution in [0, 0.1) is 0 Å². The van der Waals surface area contributed by atoms with E-state index in [1.54, 1.807) is 6.08 Å². The molecule has 0 bridgehead atoms. The first kappa shape index (κ1) is 11.4. The van der Waals surface area contributed by atoms with Crippen LogP contribution in [0.1, 0.15) is 6.92 Å². The maximum atomic E-state index is 8.94. The van der Waals surface area contributed by atoms with Crippen LogP contribution in [0.2, 0.25) is 0 Å². The molecule has 0 spiro atoms. The lowest BCUT2D eigenvalue weighted by atomic mass is 10.0. The van der Waals surface area contributed by atoms with E-state index < -0.39 is 0 Å². The molecule has 1 rings (SSSR count). The van der Waals surface area contributed by atoms with Crippen LogP contribution in [0.5, 0.6) is 0 Å². The molecule has 0 aromatic heterocycles. The Balaban J connectivity index is 2.37. The number of hydrogen-bond acceptors (Lipinski definition) is 4. The molecule has 14 heavy (non-hydrogen) atoms. The van der Waals surface area contributed by atoms with Crippen molar-refractivity contribution in [2.24, 2.45) is 0 Å². The van der Waals surface area contributed by atoms with Gasteiger partial charge < -0.3 is 10.4 Å². The van der Waals surface area contributed by atoms with Gasteiger partial charge in [0.05, 0.1) is 19.3 Å². The molecule has 1 heterocycles. The summed E-state index contributed by atoms with van der Waals surface area (Å²) in [4.78, 5) is 5.15. The van der Waals surface area contributed by atoms with Gasteiger partial charge in [-0.15, -0.1) is 6.58 Å². The zero-order chi connectivity index (χ0) is 10.4. The predicted octanol–water partition coefficient (Wildman–Crippen LogP) is -0.0274. The van der Waals surface area contributed by atoms with Crippen LogP contribution >= 0.6 is 0 Å². The van der Waals surface area contributed by atoms with Crippen molar-refractivity contribution >= 4 is 0 Å². The van der Waals surface area contributed by atoms with E-state index in [1.165, 1.54) is 5.57 Å². The summed E-state index contributed by atoms with van der Waals surface area (Å²) in [5.41, 5.74) is 4.12. The second-order valence-electron chi connectivity index (χ2n) is 3.38. The van der Waals surface area contributed by atoms with Gasteiger partial charge in [-0.3, -0.25) is 4.84 Å². The molecule has 0 amide bonds. The van der Waals surface area contributed by atoms with Crippen LogP contribution in [0.3, 0.4) is 0 Å². The number of hydrogen-bond donors (Lipinski definition) is 3. The fraction of sp³-hybridized carbons (Fsp3) is 0.600. The van der Waals surface area contributed by atoms with Gasteiger partial charge >= 0.3 is 0 Å². The fourth-order valence-corrected chi connectivity index (χ4v) is 1.38. The first-order chi connectivity index (χ1) is 6.77. The Labute approximate surface area is 84.6 Å². The van der Waals surface area contributed by atoms with Crippen molar-refractivity contribution in [1.29, 1.82) is 0 Å². The molecule has 1 aliphatic heterocycles. The van der Waals surface area contributed by atoms with E-state index in [1.807, 2.05) is 13.0 Å². The third kappa shape index (κ3) is 3.23. The second kappa shape index (κ2) is 5.93. The van der Waals surface area contributed by atoms with Crippen molar-refractivity contribution in [3.8, 4) is 0 Å². The molecule has 80 valence electrons. The lowest BCUT2D eigenvalue weighted by molar-refractivity contribution is 0.0411. The SMILES string of the molecule is C=CCON[C@H]1CN[C@H](CO)C=C1C. The Hall–Kier alpha value is -0.680. The highest BCUT2D eigenvalue weighted by Gasteiger charge is 2.18. The molecule has 2 atom stereocenters. The van der Waals surface area contributed by atoms with Crippen molar-refractivity contribution in [1.82, 2.24) is 10.8 Å². The van der Waals surface area contributed by atoms with Crippen LogP contribution in [-0.2, 0) is 4.84 Å². The molecule has 0 aliphatic carbocycles. The van der Waals surface area contributed by atoms with Gasteiger partial charge in [0.15, 0.2) is 0 Å². The van der Waals surface area contributed by atoms with Gasteiger partial charge in [-0.2, -0.15) is 5.48 Å². The number of aliphatic hydroxyl groups is 1. The van der Waals surface area contributed by atoms with Gasteiger partial charge in [-0.25, -0.2) is 0 Å². The molecular formula is C10H18N2O2. The summed E-state index contributed by atoms with van der Waals surface area (Å²) in [6, 6.07) is 0.255. The van der Waals surface area contributed by atoms with Gasteiger partial charge in [-0.05, 0) is 6.92 Å². The molecule has 0 saturated carbocycles. The van der Waals surface area contributed by atoms with Gasteiger partial charge in [0.2, 0.25) is 0 Å². The highest BCUT2D eigenvalue weighted by atomic mass is 16.6. The van der Waals surface area contributed by atoms with Gasteiger partial charge in [0.25, 0.3) is 0 Å². The van der Waals surface area contributed by atoms with E-state index in [-0.39, 0.29) is 18.7 Å². The van der Waals surface area contributed by atoms with E-state index in [0.717, 1.165) is 6.54 Å². The van der Waals surface area contributed by atoms with Crippen molar-refractivity contribution in [3.63, 3.8) is 0 Å². The van der Waals surface area contributed by atoms with Crippen molar-refractivity contribution in [2.45, 2.75) is 19.0 Å². The third-order valence-corrected chi connectivity index (χ3v) is 2.22. The summed E-state index contributed by atoms with van der Waals surface area (Å²) in [6.45, 7) is 6.98. The monoisotopic (exact) mass is 198 g/mol. The van der Waals surface area contributed by atoms with E-state index >= 15 is 0 Å². The van der Waals surface area contributed by atoms with Crippen LogP contribution in [0.15, 0.2) is 24.3 Å². The Bertz CT molecular complexity index is 216. The van der Waals surface area contributed by atoms with Crippen LogP contribution in [-0.4, -0.2) is 36.9 Å². The smallest absolute Gasteiger partial charge is 0.0861 e. The summed E-state index contributed by atoms with van der Waals surface area (Å²) in [7, 11) is 0. The molecule has 0 saturated heterocycles. The Kier molecular flexibility index (Phi) is 4.82. The van der Waals surface area contributed by atoms with Crippen molar-refractivity contribution in [3.05, 3.63) is 24.3 Å². The Morgan fingerprint density at radius 1 is 1.86 bits per heavy atom. The normalized spacial score (nSPS) is 27.1. The minimum Gasteiger partial charge on any atom is -0.394 e. The zero-order valence-corrected chi connectivity index (χ0v) is 8.49. The van der Waals surface area contributed by atoms with Gasteiger partial charge in [-0.1, -0.05) is 17.7 Å². The van der Waals surface area contributed by atoms with Crippen molar-refractivity contribution < 1.29 is 9.94 Å². The second-order valence-corrected chi connectivity index (χ2v) is 3.38. The fourth-order valence-electron chi connectivity index (χ4n) is 1.38. The molecular weight excluding hydrogens is 180 g/mol. The number of hydroxylamine groups is 1. The van der Waals surface area contributed by atoms with Gasteiger partial charge in [0.1, 0.15) is 0 Å². The molecule has 3 N–H and O–H groups in total. The van der Waals surface area contributed by atoms with E-state index in [4.69, 9.17) is 9.94 Å². The van der Waals surface area contributed by atoms with Gasteiger partial charge in [0, 0.05) is 12.6 Å². The summed E-state index contributed by atoms with van der Waals surface area (Å²) < 4.78 is 0. The predicted molar refractivity (Wildman–Crippen MR) is 55.7 cm³/mol. The summed E-state index contributed by atoms with van der Waals surface area (Å²) in [5, 5.41) is 12.1. The molecule has 4 heteroatoms. The summed E-state index contributed by atoms with van der Waals surface area (Å²) >= 11 is 0. The third-order valence-electron chi connectivity index (χ3n) is 2.22. The molecule has 0 aromatic rings. The molecule has 1 aliphatic rings. The average molecular weight is 198 g/mol. The first-order valence-corrected chi connectivity index (χ1v) is 4.78. The van der Waals surface area contributed by atoms with Crippen LogP contribution in [0.25, 0.3) is 0 Å². The summed E-state index contributed by atoms with van der Waals surface area (Å²) in [6.07, 6.45) is 3.71. The molecule has 4 nitrogen and oxygen atoms in total. The number of rotatable bonds is 5. The minimum atomic E-state index is 0.0763. The quantitative estimate of drug-likeness (QED) is 0.330. The van der Waals surface area contributed by atoms with Crippen molar-refractivity contribution in [2.75, 3.05) is 19.8 Å². The van der Waals surface area contributed by atoms with Crippen LogP contribution in [0.4, 0.5) is 0 Å². The first-order valence-electron chi connectivity index (χ1n) is 4.78. The Morgan fingerprint density at radius 2 is 2.64 bits per heavy atom. The average Bonchev–Trinajstić information content (AvgIpc) is 2.20. The van der Waals surface area contributed by atoms with E-state index in [2.05, 4.69) is 17.4 Å². The largest absolute Gasteiger partial charge is 0.394 e. The highest BCUT2D eigenvalue weighted by Crippen LogP contribution is 2.08. The molecule has 0 radical (unpaired) electrons. The molecule has 0 unspecified atom stereocenters. The van der Waals surface area contributed by atoms with Crippen LogP contribution < -0.4 is 10.8 Å². The zero-order valence-electron chi connectivity index (χ0n) is 8.49.